The Morgan fingerprint density at radius 2 is 0.488 bits per heavy atom. The molecule has 0 spiro atoms. The van der Waals surface area contributed by atoms with Crippen LogP contribution < -0.4 is 9.80 Å². The zero-order chi connectivity index (χ0) is 58.6. The van der Waals surface area contributed by atoms with Crippen molar-refractivity contribution < 1.29 is 0 Å². The lowest BCUT2D eigenvalue weighted by molar-refractivity contribution is 0.590. The highest BCUT2D eigenvalue weighted by atomic mass is 15.1. The van der Waals surface area contributed by atoms with Crippen LogP contribution in [0.1, 0.15) is 164 Å². The number of fused-ring (bicyclic) bond motifs is 12. The minimum atomic E-state index is -0.218. The van der Waals surface area contributed by atoms with Gasteiger partial charge in [-0.05, 0) is 195 Å². The minimum absolute atomic E-state index is 0.0570. The quantitative estimate of drug-likeness (QED) is 0.140. The van der Waals surface area contributed by atoms with E-state index in [0.717, 1.165) is 11.4 Å². The molecule has 0 aliphatic heterocycles. The second-order valence-corrected chi connectivity index (χ2v) is 28.7. The third kappa shape index (κ3) is 8.25. The van der Waals surface area contributed by atoms with E-state index in [0.29, 0.717) is 0 Å². The van der Waals surface area contributed by atoms with Crippen molar-refractivity contribution in [2.75, 3.05) is 9.80 Å². The van der Waals surface area contributed by atoms with Crippen molar-refractivity contribution in [2.45, 2.75) is 129 Å². The molecule has 0 unspecified atom stereocenters. The Morgan fingerprint density at radius 3 is 0.786 bits per heavy atom. The molecule has 416 valence electrons. The molecule has 2 nitrogen and oxygen atoms in total. The molecule has 0 saturated carbocycles. The van der Waals surface area contributed by atoms with Gasteiger partial charge in [0.05, 0.1) is 0 Å². The van der Waals surface area contributed by atoms with Gasteiger partial charge in [-0.15, -0.1) is 0 Å². The second-order valence-electron chi connectivity index (χ2n) is 28.7. The van der Waals surface area contributed by atoms with Gasteiger partial charge in [-0.25, -0.2) is 0 Å². The lowest BCUT2D eigenvalue weighted by atomic mass is 9.81. The highest BCUT2D eigenvalue weighted by Crippen LogP contribution is 2.56. The number of hydrogen-bond donors (Lipinski definition) is 0. The number of anilines is 6. The van der Waals surface area contributed by atoms with Gasteiger partial charge in [0.2, 0.25) is 0 Å². The second kappa shape index (κ2) is 18.5. The van der Waals surface area contributed by atoms with Crippen molar-refractivity contribution in [2.24, 2.45) is 0 Å². The zero-order valence-corrected chi connectivity index (χ0v) is 51.7. The Balaban J connectivity index is 0.767. The average Bonchev–Trinajstić information content (AvgIpc) is 1.91. The van der Waals surface area contributed by atoms with Crippen molar-refractivity contribution in [3.05, 3.63) is 273 Å². The van der Waals surface area contributed by atoms with E-state index >= 15 is 0 Å². The van der Waals surface area contributed by atoms with Crippen molar-refractivity contribution >= 4 is 46.3 Å². The van der Waals surface area contributed by atoms with Crippen molar-refractivity contribution in [1.82, 2.24) is 0 Å². The third-order valence-corrected chi connectivity index (χ3v) is 20.0. The van der Waals surface area contributed by atoms with Crippen LogP contribution in [-0.4, -0.2) is 0 Å². The van der Waals surface area contributed by atoms with Gasteiger partial charge >= 0.3 is 0 Å². The molecule has 84 heavy (non-hydrogen) atoms. The van der Waals surface area contributed by atoms with Crippen LogP contribution in [0.5, 0.6) is 0 Å². The molecular weight excluding hydrogens is 1010 g/mol. The summed E-state index contributed by atoms with van der Waals surface area (Å²) >= 11 is 0. The van der Waals surface area contributed by atoms with Crippen LogP contribution in [-0.2, 0) is 32.5 Å². The van der Waals surface area contributed by atoms with Gasteiger partial charge in [0.15, 0.2) is 0 Å². The van der Waals surface area contributed by atoms with Gasteiger partial charge in [-0.1, -0.05) is 243 Å². The molecule has 4 aliphatic rings. The summed E-state index contributed by atoms with van der Waals surface area (Å²) in [5, 5.41) is 0. The van der Waals surface area contributed by atoms with Crippen molar-refractivity contribution in [1.29, 1.82) is 0 Å². The van der Waals surface area contributed by atoms with E-state index in [4.69, 9.17) is 0 Å². The van der Waals surface area contributed by atoms with Crippen LogP contribution in [0.3, 0.4) is 0 Å². The van der Waals surface area contributed by atoms with Crippen LogP contribution in [0, 0.1) is 0 Å². The lowest BCUT2D eigenvalue weighted by Crippen LogP contribution is -2.18. The number of benzene rings is 10. The first-order valence-corrected chi connectivity index (χ1v) is 30.5. The van der Waals surface area contributed by atoms with Gasteiger partial charge in [-0.3, -0.25) is 0 Å². The molecule has 0 N–H and O–H groups in total. The zero-order valence-electron chi connectivity index (χ0n) is 51.7. The number of nitrogens with zero attached hydrogens (tertiary/aromatic N) is 2. The van der Waals surface area contributed by atoms with Crippen molar-refractivity contribution in [3.63, 3.8) is 0 Å². The smallest absolute Gasteiger partial charge is 0.0465 e. The minimum Gasteiger partial charge on any atom is -0.310 e. The summed E-state index contributed by atoms with van der Waals surface area (Å²) in [6.07, 6.45) is 4.63. The average molecular weight is 1090 g/mol. The molecule has 0 aromatic heterocycles. The largest absolute Gasteiger partial charge is 0.310 e. The van der Waals surface area contributed by atoms with E-state index in [9.17, 15) is 0 Å². The third-order valence-electron chi connectivity index (χ3n) is 20.0. The molecule has 0 saturated heterocycles. The normalized spacial score (nSPS) is 15.8. The highest BCUT2D eigenvalue weighted by Gasteiger charge is 2.41. The van der Waals surface area contributed by atoms with Gasteiger partial charge < -0.3 is 9.80 Å². The van der Waals surface area contributed by atoms with Gasteiger partial charge in [-0.2, -0.15) is 0 Å². The maximum atomic E-state index is 2.48. The summed E-state index contributed by atoms with van der Waals surface area (Å²) in [4.78, 5) is 4.95. The van der Waals surface area contributed by atoms with Gasteiger partial charge in [0, 0.05) is 55.8 Å². The topological polar surface area (TPSA) is 6.48 Å². The lowest BCUT2D eigenvalue weighted by Gasteiger charge is -2.30. The predicted octanol–water partition coefficient (Wildman–Crippen LogP) is 22.6. The Hall–Kier alpha value is -8.46. The summed E-state index contributed by atoms with van der Waals surface area (Å²) in [6, 6.07) is 79.2. The molecule has 4 aliphatic carbocycles. The Labute approximate surface area is 500 Å². The predicted molar refractivity (Wildman–Crippen MR) is 359 cm³/mol. The van der Waals surface area contributed by atoms with E-state index in [1.807, 2.05) is 0 Å². The molecule has 0 atom stereocenters. The molecule has 0 fully saturated rings. The highest BCUT2D eigenvalue weighted by molar-refractivity contribution is 5.92. The fourth-order valence-electron chi connectivity index (χ4n) is 14.9. The van der Waals surface area contributed by atoms with Crippen LogP contribution in [0.25, 0.3) is 56.7 Å². The fraction of sp³-hybridized carbons (Fsp3) is 0.244. The van der Waals surface area contributed by atoms with Crippen molar-refractivity contribution in [3.8, 4) is 44.5 Å². The van der Waals surface area contributed by atoms with E-state index in [1.54, 1.807) is 0 Å². The molecule has 0 amide bonds. The molecule has 14 rings (SSSR count). The van der Waals surface area contributed by atoms with Crippen LogP contribution in [0.15, 0.2) is 206 Å². The summed E-state index contributed by atoms with van der Waals surface area (Å²) in [7, 11) is 0. The molecule has 0 heterocycles. The van der Waals surface area contributed by atoms with E-state index in [1.165, 1.54) is 134 Å². The first kappa shape index (κ1) is 53.5. The summed E-state index contributed by atoms with van der Waals surface area (Å²) in [5.74, 6) is 0. The molecule has 10 aromatic rings. The monoisotopic (exact) mass is 1090 g/mol. The van der Waals surface area contributed by atoms with E-state index in [-0.39, 0.29) is 32.5 Å². The van der Waals surface area contributed by atoms with Gasteiger partial charge in [0.25, 0.3) is 0 Å². The summed E-state index contributed by atoms with van der Waals surface area (Å²) < 4.78 is 0. The van der Waals surface area contributed by atoms with Crippen LogP contribution in [0.2, 0.25) is 0 Å². The summed E-state index contributed by atoms with van der Waals surface area (Å²) in [6.45, 7) is 32.9. The maximum Gasteiger partial charge on any atom is 0.0465 e. The fourth-order valence-corrected chi connectivity index (χ4v) is 14.9. The van der Waals surface area contributed by atoms with E-state index < -0.39 is 0 Å². The maximum absolute atomic E-state index is 2.48. The Kier molecular flexibility index (Phi) is 11.8. The summed E-state index contributed by atoms with van der Waals surface area (Å²) in [5.41, 5.74) is 33.1. The molecule has 0 radical (unpaired) electrons. The first-order chi connectivity index (χ1) is 39.9. The van der Waals surface area contributed by atoms with Crippen LogP contribution in [0.4, 0.5) is 34.1 Å². The first-order valence-electron chi connectivity index (χ1n) is 30.5. The number of hydrogen-bond acceptors (Lipinski definition) is 2. The molecular formula is C82H78N2. The van der Waals surface area contributed by atoms with E-state index in [2.05, 4.69) is 325 Å². The molecule has 2 heteroatoms. The SMILES string of the molecule is CC(C)(C)c1ccc(N(c2ccc3c(c2)C(C)(C)c2ccccc2-3)c2ccc3c(c2)C(C)(C)c2cc(/C=C/c4ccc5c(c4)C(C)(C)c4cc(N(c6ccc(C(C)(C)C)cc6)c6ccc7c(c6)C(C)(C)c6ccccc6-7)ccc4-5)ccc2-3)cc1. The van der Waals surface area contributed by atoms with Crippen LogP contribution >= 0.6 is 0 Å². The Morgan fingerprint density at radius 1 is 0.250 bits per heavy atom. The standard InChI is InChI=1S/C82H78N2/c1-77(2,3)53-27-31-55(32-28-53)83(57-35-41-65-61-19-15-17-21-69(61)79(7,8)73(65)47-57)59-37-43-67-63-39-25-51(45-71(63)81(11,12)75(67)49-59)23-24-52-26-40-64-68-44-38-60(50-76(68)82(13,14)72(64)46-52)84(56-33-29-54(30-34-56)78(4,5)6)58-36-42-66-62-20-16-18-22-70(62)80(9,10)74(66)48-58/h15-50H,1-14H3/b24-23+. The van der Waals surface area contributed by atoms with Gasteiger partial charge in [0.1, 0.15) is 0 Å². The Bertz CT molecular complexity index is 4090. The number of rotatable bonds is 8. The molecule has 10 aromatic carbocycles. The molecule has 0 bridgehead atoms.